The Morgan fingerprint density at radius 1 is 1.08 bits per heavy atom. The number of benzene rings is 2. The van der Waals surface area contributed by atoms with Crippen molar-refractivity contribution >= 4 is 34.6 Å². The number of aromatic nitrogens is 3. The van der Waals surface area contributed by atoms with Gasteiger partial charge in [-0.05, 0) is 55.8 Å². The molecule has 36 heavy (non-hydrogen) atoms. The predicted molar refractivity (Wildman–Crippen MR) is 132 cm³/mol. The molecule has 0 aliphatic heterocycles. The van der Waals surface area contributed by atoms with Crippen LogP contribution in [0.25, 0.3) is 16.7 Å². The minimum absolute atomic E-state index is 0.0707. The van der Waals surface area contributed by atoms with Gasteiger partial charge in [-0.3, -0.25) is 9.59 Å². The van der Waals surface area contributed by atoms with Gasteiger partial charge >= 0.3 is 11.9 Å². The van der Waals surface area contributed by atoms with Crippen molar-refractivity contribution in [2.24, 2.45) is 0 Å². The highest BCUT2D eigenvalue weighted by molar-refractivity contribution is 6.07. The van der Waals surface area contributed by atoms with Crippen LogP contribution < -0.4 is 14.8 Å². The van der Waals surface area contributed by atoms with Gasteiger partial charge in [-0.1, -0.05) is 12.1 Å². The third-order valence-corrected chi connectivity index (χ3v) is 5.31. The number of esters is 2. The average Bonchev–Trinajstić information content (AvgIpc) is 3.27. The molecule has 0 fully saturated rings. The van der Waals surface area contributed by atoms with E-state index in [1.165, 1.54) is 42.1 Å². The molecular weight excluding hydrogens is 464 g/mol. The van der Waals surface area contributed by atoms with E-state index in [-0.39, 0.29) is 23.6 Å². The maximum absolute atomic E-state index is 13.1. The lowest BCUT2D eigenvalue weighted by atomic mass is 10.1. The first-order valence-corrected chi connectivity index (χ1v) is 11.1. The fraction of sp³-hybridized carbons (Fsp3) is 0.192. The van der Waals surface area contributed by atoms with Crippen molar-refractivity contribution in [3.05, 3.63) is 71.4 Å². The van der Waals surface area contributed by atoms with Gasteiger partial charge in [0.25, 0.3) is 5.91 Å². The van der Waals surface area contributed by atoms with Crippen molar-refractivity contribution in [3.63, 3.8) is 0 Å². The number of hydrogen-bond acceptors (Lipinski definition) is 8. The number of rotatable bonds is 7. The fourth-order valence-electron chi connectivity index (χ4n) is 3.67. The molecule has 1 amide bonds. The quantitative estimate of drug-likeness (QED) is 0.305. The molecule has 0 atom stereocenters. The monoisotopic (exact) mass is 488 g/mol. The third kappa shape index (κ3) is 4.88. The van der Waals surface area contributed by atoms with Crippen LogP contribution in [0.15, 0.2) is 54.7 Å². The number of nitrogens with one attached hydrogen (secondary N) is 1. The summed E-state index contributed by atoms with van der Waals surface area (Å²) < 4.78 is 17.0. The van der Waals surface area contributed by atoms with Gasteiger partial charge in [0, 0.05) is 17.9 Å². The molecule has 0 unspecified atom stereocenters. The maximum Gasteiger partial charge on any atom is 0.343 e. The van der Waals surface area contributed by atoms with E-state index >= 15 is 0 Å². The van der Waals surface area contributed by atoms with Crippen LogP contribution in [0.5, 0.6) is 11.5 Å². The van der Waals surface area contributed by atoms with Gasteiger partial charge < -0.3 is 19.5 Å². The van der Waals surface area contributed by atoms with Gasteiger partial charge in [0.1, 0.15) is 22.6 Å². The number of nitrogens with zero attached hydrogens (tertiary/aromatic N) is 3. The molecule has 2 heterocycles. The summed E-state index contributed by atoms with van der Waals surface area (Å²) in [6.45, 7) is 5.05. The molecule has 0 spiro atoms. The average molecular weight is 489 g/mol. The van der Waals surface area contributed by atoms with E-state index in [9.17, 15) is 14.4 Å². The van der Waals surface area contributed by atoms with Gasteiger partial charge in [0.05, 0.1) is 19.9 Å². The topological polar surface area (TPSA) is 122 Å². The Morgan fingerprint density at radius 3 is 2.50 bits per heavy atom. The smallest absolute Gasteiger partial charge is 0.343 e. The lowest BCUT2D eigenvalue weighted by molar-refractivity contribution is -0.131. The van der Waals surface area contributed by atoms with E-state index in [4.69, 9.17) is 19.2 Å². The lowest BCUT2D eigenvalue weighted by Crippen LogP contribution is -2.18. The molecule has 4 aromatic rings. The van der Waals surface area contributed by atoms with Crippen LogP contribution in [0.1, 0.15) is 40.1 Å². The Kier molecular flexibility index (Phi) is 6.95. The summed E-state index contributed by atoms with van der Waals surface area (Å²) in [6, 6.07) is 13.4. The number of methoxy groups -OCH3 is 1. The van der Waals surface area contributed by atoms with Gasteiger partial charge in [0.15, 0.2) is 11.6 Å². The Hall–Kier alpha value is -4.73. The van der Waals surface area contributed by atoms with Gasteiger partial charge in [0.2, 0.25) is 0 Å². The molecule has 0 saturated carbocycles. The van der Waals surface area contributed by atoms with Gasteiger partial charge in [-0.2, -0.15) is 9.78 Å². The van der Waals surface area contributed by atoms with Gasteiger partial charge in [-0.25, -0.2) is 9.78 Å². The number of hydrogen-bond donors (Lipinski definition) is 1. The molecule has 10 nitrogen and oxygen atoms in total. The zero-order chi connectivity index (χ0) is 25.8. The molecule has 0 radical (unpaired) electrons. The van der Waals surface area contributed by atoms with E-state index in [1.54, 1.807) is 26.2 Å². The summed E-state index contributed by atoms with van der Waals surface area (Å²) in [6.07, 6.45) is 1.32. The molecular formula is C26H24N4O6. The molecule has 4 rings (SSSR count). The second kappa shape index (κ2) is 10.3. The Bertz CT molecular complexity index is 1460. The minimum Gasteiger partial charge on any atom is -0.494 e. The van der Waals surface area contributed by atoms with Crippen LogP contribution in [0.3, 0.4) is 0 Å². The van der Waals surface area contributed by atoms with Crippen LogP contribution in [0.2, 0.25) is 0 Å². The zero-order valence-corrected chi connectivity index (χ0v) is 20.2. The van der Waals surface area contributed by atoms with E-state index < -0.39 is 17.8 Å². The second-order valence-corrected chi connectivity index (χ2v) is 7.77. The summed E-state index contributed by atoms with van der Waals surface area (Å²) in [5.74, 6) is -0.255. The molecule has 0 aliphatic carbocycles. The highest BCUT2D eigenvalue weighted by Crippen LogP contribution is 2.29. The number of carbonyl (C=O) groups excluding carboxylic acids is 3. The standard InChI is InChI=1S/C26H24N4O6/c1-5-35-26(33)20-14-27-30(22-13-15(2)19-7-6-8-21(34-4)23(19)28-22)24(20)29-25(32)17-9-11-18(12-10-17)36-16(3)31/h6-14H,5H2,1-4H3,(H,29,32). The number of amides is 1. The van der Waals surface area contributed by atoms with Crippen molar-refractivity contribution in [3.8, 4) is 17.3 Å². The van der Waals surface area contributed by atoms with Gasteiger partial charge in [-0.15, -0.1) is 0 Å². The molecule has 1 N–H and O–H groups in total. The number of carbonyl (C=O) groups is 3. The molecule has 0 bridgehead atoms. The molecule has 2 aromatic carbocycles. The molecule has 2 aromatic heterocycles. The van der Waals surface area contributed by atoms with Crippen molar-refractivity contribution < 1.29 is 28.6 Å². The first-order chi connectivity index (χ1) is 17.3. The van der Waals surface area contributed by atoms with Crippen LogP contribution >= 0.6 is 0 Å². The first kappa shape index (κ1) is 24.4. The SMILES string of the molecule is CCOC(=O)c1cnn(-c2cc(C)c3cccc(OC)c3n2)c1NC(=O)c1ccc(OC(C)=O)cc1. The van der Waals surface area contributed by atoms with Crippen LogP contribution in [-0.2, 0) is 9.53 Å². The maximum atomic E-state index is 13.1. The van der Waals surface area contributed by atoms with Crippen LogP contribution in [-0.4, -0.2) is 46.3 Å². The summed E-state index contributed by atoms with van der Waals surface area (Å²) in [7, 11) is 1.56. The number of pyridine rings is 1. The van der Waals surface area contributed by atoms with Crippen LogP contribution in [0, 0.1) is 6.92 Å². The Labute approximate surface area is 206 Å². The number of para-hydroxylation sites is 1. The number of fused-ring (bicyclic) bond motifs is 1. The lowest BCUT2D eigenvalue weighted by Gasteiger charge is -2.13. The summed E-state index contributed by atoms with van der Waals surface area (Å²) >= 11 is 0. The van der Waals surface area contributed by atoms with Crippen molar-refractivity contribution in [2.45, 2.75) is 20.8 Å². The van der Waals surface area contributed by atoms with E-state index in [1.807, 2.05) is 19.1 Å². The normalized spacial score (nSPS) is 10.7. The molecule has 10 heteroatoms. The van der Waals surface area contributed by atoms with E-state index in [2.05, 4.69) is 10.4 Å². The molecule has 0 saturated heterocycles. The number of ether oxygens (including phenoxy) is 3. The highest BCUT2D eigenvalue weighted by atomic mass is 16.5. The van der Waals surface area contributed by atoms with E-state index in [0.717, 1.165) is 10.9 Å². The second-order valence-electron chi connectivity index (χ2n) is 7.77. The predicted octanol–water partition coefficient (Wildman–Crippen LogP) is 4.09. The summed E-state index contributed by atoms with van der Waals surface area (Å²) in [4.78, 5) is 41.6. The number of aryl methyl sites for hydroxylation is 1. The Balaban J connectivity index is 1.77. The van der Waals surface area contributed by atoms with Crippen molar-refractivity contribution in [1.82, 2.24) is 14.8 Å². The summed E-state index contributed by atoms with van der Waals surface area (Å²) in [5.41, 5.74) is 1.86. The molecule has 184 valence electrons. The van der Waals surface area contributed by atoms with Crippen LogP contribution in [0.4, 0.5) is 5.82 Å². The first-order valence-electron chi connectivity index (χ1n) is 11.1. The van der Waals surface area contributed by atoms with Crippen molar-refractivity contribution in [2.75, 3.05) is 19.0 Å². The third-order valence-electron chi connectivity index (χ3n) is 5.31. The largest absolute Gasteiger partial charge is 0.494 e. The van der Waals surface area contributed by atoms with Crippen molar-refractivity contribution in [1.29, 1.82) is 0 Å². The number of anilines is 1. The summed E-state index contributed by atoms with van der Waals surface area (Å²) in [5, 5.41) is 7.98. The molecule has 0 aliphatic rings. The fourth-order valence-corrected chi connectivity index (χ4v) is 3.67. The van der Waals surface area contributed by atoms with E-state index in [0.29, 0.717) is 22.8 Å². The Morgan fingerprint density at radius 2 is 1.83 bits per heavy atom. The zero-order valence-electron chi connectivity index (χ0n) is 20.2. The highest BCUT2D eigenvalue weighted by Gasteiger charge is 2.23. The minimum atomic E-state index is -0.639.